The van der Waals surface area contributed by atoms with Crippen LogP contribution in [-0.4, -0.2) is 22.6 Å². The molecule has 20 heavy (non-hydrogen) atoms. The van der Waals surface area contributed by atoms with E-state index in [1.165, 1.54) is 29.8 Å². The van der Waals surface area contributed by atoms with Gasteiger partial charge in [0.25, 0.3) is 5.91 Å². The van der Waals surface area contributed by atoms with Gasteiger partial charge in [-0.2, -0.15) is 0 Å². The lowest BCUT2D eigenvalue weighted by Gasteiger charge is -2.14. The number of ketones is 1. The molecule has 1 fully saturated rings. The van der Waals surface area contributed by atoms with E-state index in [1.807, 2.05) is 6.92 Å². The zero-order valence-corrected chi connectivity index (χ0v) is 12.7. The van der Waals surface area contributed by atoms with Gasteiger partial charge >= 0.3 is 0 Å². The SMILES string of the molecule is CCO/C=C1\SC(=S)N(c2ccc(C(C)=O)cc2)C1=O. The number of ether oxygens (including phenoxy) is 1. The number of thioether (sulfide) groups is 1. The molecule has 2 rings (SSSR count). The van der Waals surface area contributed by atoms with Crippen molar-refractivity contribution in [3.8, 4) is 0 Å². The highest BCUT2D eigenvalue weighted by molar-refractivity contribution is 8.27. The normalized spacial score (nSPS) is 16.9. The Morgan fingerprint density at radius 2 is 2.05 bits per heavy atom. The van der Waals surface area contributed by atoms with Gasteiger partial charge in [0.2, 0.25) is 0 Å². The summed E-state index contributed by atoms with van der Waals surface area (Å²) >= 11 is 6.42. The largest absolute Gasteiger partial charge is 0.500 e. The molecule has 1 amide bonds. The highest BCUT2D eigenvalue weighted by Crippen LogP contribution is 2.34. The molecule has 0 spiro atoms. The van der Waals surface area contributed by atoms with Crippen LogP contribution >= 0.6 is 24.0 Å². The first kappa shape index (κ1) is 14.7. The molecule has 0 atom stereocenters. The minimum atomic E-state index is -0.205. The molecule has 0 unspecified atom stereocenters. The van der Waals surface area contributed by atoms with Crippen molar-refractivity contribution in [2.75, 3.05) is 11.5 Å². The van der Waals surface area contributed by atoms with Crippen LogP contribution in [-0.2, 0) is 9.53 Å². The fourth-order valence-corrected chi connectivity index (χ4v) is 2.90. The Bertz CT molecular complexity index is 593. The monoisotopic (exact) mass is 307 g/mol. The van der Waals surface area contributed by atoms with Crippen molar-refractivity contribution in [3.63, 3.8) is 0 Å². The average Bonchev–Trinajstić information content (AvgIpc) is 2.71. The second kappa shape index (κ2) is 6.19. The van der Waals surface area contributed by atoms with Crippen LogP contribution in [0.5, 0.6) is 0 Å². The summed E-state index contributed by atoms with van der Waals surface area (Å²) in [5.41, 5.74) is 1.25. The summed E-state index contributed by atoms with van der Waals surface area (Å²) in [4.78, 5) is 25.4. The number of amides is 1. The van der Waals surface area contributed by atoms with Crippen LogP contribution in [0.25, 0.3) is 0 Å². The van der Waals surface area contributed by atoms with Gasteiger partial charge in [-0.25, -0.2) is 0 Å². The van der Waals surface area contributed by atoms with Gasteiger partial charge in [0.05, 0.1) is 12.3 Å². The number of hydrogen-bond acceptors (Lipinski definition) is 5. The van der Waals surface area contributed by atoms with Gasteiger partial charge in [-0.05, 0) is 38.1 Å². The maximum absolute atomic E-state index is 12.2. The summed E-state index contributed by atoms with van der Waals surface area (Å²) < 4.78 is 5.59. The summed E-state index contributed by atoms with van der Waals surface area (Å²) in [5, 5.41) is 0. The number of thiocarbonyl (C=S) groups is 1. The van der Waals surface area contributed by atoms with E-state index in [2.05, 4.69) is 0 Å². The second-order valence-electron chi connectivity index (χ2n) is 4.05. The summed E-state index contributed by atoms with van der Waals surface area (Å²) in [6, 6.07) is 6.79. The van der Waals surface area contributed by atoms with Gasteiger partial charge in [-0.15, -0.1) is 0 Å². The van der Waals surface area contributed by atoms with Crippen molar-refractivity contribution in [2.24, 2.45) is 0 Å². The fourth-order valence-electron chi connectivity index (χ4n) is 1.68. The van der Waals surface area contributed by atoms with E-state index in [-0.39, 0.29) is 11.7 Å². The van der Waals surface area contributed by atoms with Crippen molar-refractivity contribution in [2.45, 2.75) is 13.8 Å². The number of Topliss-reactive ketones (excluding diaryl/α,β-unsaturated/α-hetero) is 1. The smallest absolute Gasteiger partial charge is 0.273 e. The molecule has 104 valence electrons. The van der Waals surface area contributed by atoms with Crippen molar-refractivity contribution >= 4 is 45.7 Å². The van der Waals surface area contributed by atoms with Crippen LogP contribution in [0.15, 0.2) is 35.4 Å². The minimum Gasteiger partial charge on any atom is -0.500 e. The number of carbonyl (C=O) groups excluding carboxylic acids is 2. The Hall–Kier alpha value is -1.66. The molecule has 0 radical (unpaired) electrons. The number of hydrogen-bond donors (Lipinski definition) is 0. The van der Waals surface area contributed by atoms with Crippen LogP contribution in [0.3, 0.4) is 0 Å². The van der Waals surface area contributed by atoms with Gasteiger partial charge in [-0.3, -0.25) is 14.5 Å². The van der Waals surface area contributed by atoms with Crippen LogP contribution in [0, 0.1) is 0 Å². The first-order valence-corrected chi connectivity index (χ1v) is 7.26. The molecule has 0 N–H and O–H groups in total. The lowest BCUT2D eigenvalue weighted by Crippen LogP contribution is -2.27. The molecule has 6 heteroatoms. The van der Waals surface area contributed by atoms with Gasteiger partial charge in [0, 0.05) is 5.56 Å². The summed E-state index contributed by atoms with van der Waals surface area (Å²) in [6.07, 6.45) is 1.43. The van der Waals surface area contributed by atoms with Crippen LogP contribution < -0.4 is 4.90 Å². The number of benzene rings is 1. The standard InChI is InChI=1S/C14H13NO3S2/c1-3-18-8-12-13(17)15(14(19)20-12)11-6-4-10(5-7-11)9(2)16/h4-8H,3H2,1-2H3/b12-8-. The highest BCUT2D eigenvalue weighted by atomic mass is 32.2. The van der Waals surface area contributed by atoms with Gasteiger partial charge in [-0.1, -0.05) is 24.0 Å². The molecule has 4 nitrogen and oxygen atoms in total. The molecule has 0 saturated carbocycles. The van der Waals surface area contributed by atoms with E-state index in [4.69, 9.17) is 17.0 Å². The zero-order valence-electron chi connectivity index (χ0n) is 11.1. The fraction of sp³-hybridized carbons (Fsp3) is 0.214. The molecule has 0 aromatic heterocycles. The highest BCUT2D eigenvalue weighted by Gasteiger charge is 2.33. The molecule has 1 aliphatic heterocycles. The predicted molar refractivity (Wildman–Crippen MR) is 83.8 cm³/mol. The number of nitrogens with zero attached hydrogens (tertiary/aromatic N) is 1. The Balaban J connectivity index is 2.26. The quantitative estimate of drug-likeness (QED) is 0.370. The third-order valence-corrected chi connectivity index (χ3v) is 3.96. The van der Waals surface area contributed by atoms with Crippen molar-refractivity contribution in [1.82, 2.24) is 0 Å². The van der Waals surface area contributed by atoms with Crippen LogP contribution in [0.2, 0.25) is 0 Å². The zero-order chi connectivity index (χ0) is 14.7. The maximum atomic E-state index is 12.2. The molecule has 1 heterocycles. The van der Waals surface area contributed by atoms with Crippen LogP contribution in [0.1, 0.15) is 24.2 Å². The van der Waals surface area contributed by atoms with E-state index in [0.717, 1.165) is 0 Å². The van der Waals surface area contributed by atoms with E-state index in [9.17, 15) is 9.59 Å². The minimum absolute atomic E-state index is 0.0156. The number of rotatable bonds is 4. The second-order valence-corrected chi connectivity index (χ2v) is 5.72. The van der Waals surface area contributed by atoms with Gasteiger partial charge in [0.1, 0.15) is 11.2 Å². The lowest BCUT2D eigenvalue weighted by molar-refractivity contribution is -0.113. The van der Waals surface area contributed by atoms with Crippen LogP contribution in [0.4, 0.5) is 5.69 Å². The van der Waals surface area contributed by atoms with Crippen molar-refractivity contribution in [1.29, 1.82) is 0 Å². The third kappa shape index (κ3) is 2.91. The van der Waals surface area contributed by atoms with Gasteiger partial charge in [0.15, 0.2) is 10.1 Å². The molecule has 0 aliphatic carbocycles. The lowest BCUT2D eigenvalue weighted by atomic mass is 10.1. The van der Waals surface area contributed by atoms with E-state index < -0.39 is 0 Å². The van der Waals surface area contributed by atoms with E-state index in [0.29, 0.717) is 27.1 Å². The summed E-state index contributed by atoms with van der Waals surface area (Å²) in [6.45, 7) is 3.84. The van der Waals surface area contributed by atoms with Crippen molar-refractivity contribution in [3.05, 3.63) is 41.0 Å². The Labute approximate surface area is 126 Å². The molecular formula is C14H13NO3S2. The Morgan fingerprint density at radius 1 is 1.40 bits per heavy atom. The average molecular weight is 307 g/mol. The van der Waals surface area contributed by atoms with E-state index >= 15 is 0 Å². The Kier molecular flexibility index (Phi) is 4.57. The van der Waals surface area contributed by atoms with Crippen molar-refractivity contribution < 1.29 is 14.3 Å². The number of carbonyl (C=O) groups is 2. The maximum Gasteiger partial charge on any atom is 0.273 e. The molecule has 1 aliphatic rings. The molecule has 1 saturated heterocycles. The molecule has 1 aromatic rings. The third-order valence-electron chi connectivity index (χ3n) is 2.68. The first-order valence-electron chi connectivity index (χ1n) is 6.03. The summed E-state index contributed by atoms with van der Waals surface area (Å²) in [7, 11) is 0. The Morgan fingerprint density at radius 3 is 2.60 bits per heavy atom. The van der Waals surface area contributed by atoms with E-state index in [1.54, 1.807) is 24.3 Å². The summed E-state index contributed by atoms with van der Waals surface area (Å²) in [5.74, 6) is -0.220. The predicted octanol–water partition coefficient (Wildman–Crippen LogP) is 3.13. The van der Waals surface area contributed by atoms with Gasteiger partial charge < -0.3 is 4.74 Å². The first-order chi connectivity index (χ1) is 9.54. The molecule has 0 bridgehead atoms. The molecule has 1 aromatic carbocycles. The number of anilines is 1. The topological polar surface area (TPSA) is 46.6 Å². The molecular weight excluding hydrogens is 294 g/mol.